The number of para-hydroxylation sites is 2. The van der Waals surface area contributed by atoms with E-state index in [1.165, 1.54) is 38.5 Å². The fourth-order valence-electron chi connectivity index (χ4n) is 11.0. The highest BCUT2D eigenvalue weighted by atomic mass is 15.2. The normalized spacial score (nSPS) is 15.5. The summed E-state index contributed by atoms with van der Waals surface area (Å²) >= 11 is 0. The molecule has 12 rings (SSSR count). The summed E-state index contributed by atoms with van der Waals surface area (Å²) in [6.45, 7) is 12.1. The maximum Gasteiger partial charge on any atom is 0.238 e. The molecule has 65 heavy (non-hydrogen) atoms. The molecule has 0 fully saturated rings. The van der Waals surface area contributed by atoms with Crippen LogP contribution in [0.15, 0.2) is 188 Å². The largest absolute Gasteiger partial charge is 0.309 e. The van der Waals surface area contributed by atoms with Crippen LogP contribution in [0, 0.1) is 5.92 Å². The van der Waals surface area contributed by atoms with E-state index < -0.39 is 0 Å². The Balaban J connectivity index is 1.08. The summed E-state index contributed by atoms with van der Waals surface area (Å²) < 4.78 is 4.66. The number of fused-ring (bicyclic) bond motifs is 7. The van der Waals surface area contributed by atoms with Crippen molar-refractivity contribution in [3.05, 3.63) is 199 Å². The van der Waals surface area contributed by atoms with E-state index in [1.807, 2.05) is 24.3 Å². The molecule has 3 aromatic heterocycles. The van der Waals surface area contributed by atoms with E-state index in [-0.39, 0.29) is 10.8 Å². The summed E-state index contributed by atoms with van der Waals surface area (Å²) in [5.41, 5.74) is 15.3. The number of nitrogens with zero attached hydrogens (tertiary/aromatic N) is 5. The average molecular weight is 840 g/mol. The first kappa shape index (κ1) is 39.0. The van der Waals surface area contributed by atoms with Gasteiger partial charge < -0.3 is 4.57 Å². The lowest BCUT2D eigenvalue weighted by molar-refractivity contribution is 0.234. The molecule has 11 aromatic rings. The summed E-state index contributed by atoms with van der Waals surface area (Å²) in [6.07, 6.45) is 1.16. The number of rotatable bonds is 6. The first-order chi connectivity index (χ1) is 31.7. The molecule has 0 amide bonds. The van der Waals surface area contributed by atoms with Crippen LogP contribution in [-0.2, 0) is 10.8 Å². The molecule has 314 valence electrons. The minimum absolute atomic E-state index is 0.0721. The molecular weight excluding hydrogens is 791 g/mol. The van der Waals surface area contributed by atoms with Gasteiger partial charge in [0, 0.05) is 38.4 Å². The molecule has 0 saturated heterocycles. The summed E-state index contributed by atoms with van der Waals surface area (Å²) in [5.74, 6) is 2.41. The molecule has 1 unspecified atom stereocenters. The van der Waals surface area contributed by atoms with Gasteiger partial charge in [0.2, 0.25) is 5.95 Å². The lowest BCUT2D eigenvalue weighted by Crippen LogP contribution is -2.40. The number of hydrogen-bond acceptors (Lipinski definition) is 3. The zero-order valence-corrected chi connectivity index (χ0v) is 37.4. The van der Waals surface area contributed by atoms with E-state index >= 15 is 0 Å². The molecule has 3 heterocycles. The second-order valence-electron chi connectivity index (χ2n) is 19.1. The summed E-state index contributed by atoms with van der Waals surface area (Å²) in [6, 6.07) is 67.5. The van der Waals surface area contributed by atoms with Gasteiger partial charge in [0.15, 0.2) is 11.6 Å². The van der Waals surface area contributed by atoms with Gasteiger partial charge in [-0.1, -0.05) is 186 Å². The number of aromatic nitrogens is 5. The minimum Gasteiger partial charge on any atom is -0.309 e. The van der Waals surface area contributed by atoms with Gasteiger partial charge in [-0.05, 0) is 92.9 Å². The SMILES string of the molecule is CC1CC(C)(C)c2c(-c3ccc(-n4c5ccccc5c5cc6c7ccccc7n(-c7nc(-c8ccccc8)nc(-c8ccccc8-c8ccccc8)n7)c6cc54)cc3)cccc2C1(C)C. The summed E-state index contributed by atoms with van der Waals surface area (Å²) in [4.78, 5) is 15.9. The zero-order chi connectivity index (χ0) is 44.0. The van der Waals surface area contributed by atoms with E-state index in [1.54, 1.807) is 0 Å². The maximum absolute atomic E-state index is 5.39. The molecule has 0 spiro atoms. The average Bonchev–Trinajstić information content (AvgIpc) is 3.85. The van der Waals surface area contributed by atoms with Gasteiger partial charge in [-0.25, -0.2) is 4.98 Å². The van der Waals surface area contributed by atoms with Gasteiger partial charge in [-0.3, -0.25) is 4.57 Å². The maximum atomic E-state index is 5.39. The zero-order valence-electron chi connectivity index (χ0n) is 37.4. The minimum atomic E-state index is 0.0721. The van der Waals surface area contributed by atoms with Crippen LogP contribution in [0.5, 0.6) is 0 Å². The van der Waals surface area contributed by atoms with Crippen LogP contribution in [0.4, 0.5) is 0 Å². The quantitative estimate of drug-likeness (QED) is 0.168. The smallest absolute Gasteiger partial charge is 0.238 e. The topological polar surface area (TPSA) is 48.5 Å². The van der Waals surface area contributed by atoms with Crippen LogP contribution in [0.25, 0.3) is 100 Å². The van der Waals surface area contributed by atoms with Gasteiger partial charge in [0.25, 0.3) is 0 Å². The molecular formula is C60H49N5. The Hall–Kier alpha value is -7.63. The van der Waals surface area contributed by atoms with E-state index in [0.29, 0.717) is 23.5 Å². The Morgan fingerprint density at radius 1 is 0.431 bits per heavy atom. The fraction of sp³-hybridized carbons (Fsp3) is 0.150. The number of hydrogen-bond donors (Lipinski definition) is 0. The summed E-state index contributed by atoms with van der Waals surface area (Å²) in [7, 11) is 0. The van der Waals surface area contributed by atoms with Gasteiger partial charge in [-0.2, -0.15) is 9.97 Å². The van der Waals surface area contributed by atoms with Crippen LogP contribution < -0.4 is 0 Å². The first-order valence-electron chi connectivity index (χ1n) is 22.8. The second-order valence-corrected chi connectivity index (χ2v) is 19.1. The predicted octanol–water partition coefficient (Wildman–Crippen LogP) is 15.3. The van der Waals surface area contributed by atoms with Gasteiger partial charge >= 0.3 is 0 Å². The molecule has 0 saturated carbocycles. The van der Waals surface area contributed by atoms with Crippen LogP contribution in [0.1, 0.15) is 52.2 Å². The molecule has 8 aromatic carbocycles. The van der Waals surface area contributed by atoms with Crippen molar-refractivity contribution in [2.45, 2.75) is 51.9 Å². The molecule has 0 radical (unpaired) electrons. The van der Waals surface area contributed by atoms with Gasteiger partial charge in [-0.15, -0.1) is 0 Å². The third kappa shape index (κ3) is 6.17. The third-order valence-electron chi connectivity index (χ3n) is 14.5. The third-order valence-corrected chi connectivity index (χ3v) is 14.5. The molecule has 5 heteroatoms. The van der Waals surface area contributed by atoms with Crippen molar-refractivity contribution in [1.29, 1.82) is 0 Å². The molecule has 1 atom stereocenters. The Bertz CT molecular complexity index is 3630. The molecule has 0 bridgehead atoms. The second kappa shape index (κ2) is 14.7. The Morgan fingerprint density at radius 3 is 1.66 bits per heavy atom. The Morgan fingerprint density at radius 2 is 0.969 bits per heavy atom. The predicted molar refractivity (Wildman–Crippen MR) is 270 cm³/mol. The highest BCUT2D eigenvalue weighted by Crippen LogP contribution is 2.52. The van der Waals surface area contributed by atoms with Gasteiger partial charge in [0.05, 0.1) is 22.1 Å². The lowest BCUT2D eigenvalue weighted by Gasteiger charge is -2.47. The van der Waals surface area contributed by atoms with E-state index in [0.717, 1.165) is 61.7 Å². The highest BCUT2D eigenvalue weighted by Gasteiger charge is 2.43. The van der Waals surface area contributed by atoms with Crippen molar-refractivity contribution in [3.8, 4) is 56.7 Å². The number of benzene rings is 8. The summed E-state index contributed by atoms with van der Waals surface area (Å²) in [5, 5.41) is 4.71. The molecule has 0 N–H and O–H groups in total. The molecule has 0 aliphatic heterocycles. The van der Waals surface area contributed by atoms with Gasteiger partial charge in [0.1, 0.15) is 0 Å². The van der Waals surface area contributed by atoms with Crippen molar-refractivity contribution in [2.24, 2.45) is 5.92 Å². The monoisotopic (exact) mass is 839 g/mol. The fourth-order valence-corrected chi connectivity index (χ4v) is 11.0. The van der Waals surface area contributed by atoms with Crippen LogP contribution in [0.3, 0.4) is 0 Å². The molecule has 1 aliphatic rings. The van der Waals surface area contributed by atoms with E-state index in [2.05, 4.69) is 208 Å². The molecule has 1 aliphatic carbocycles. The molecule has 5 nitrogen and oxygen atoms in total. The lowest BCUT2D eigenvalue weighted by atomic mass is 9.57. The standard InChI is InChI=1S/C60H49N5/c1-38-37-59(2,3)55-44(27-18-28-50(55)60(38,4)5)40-31-33-42(34-32-40)64-51-29-16-14-24-45(51)48-35-49-46-25-15-17-30-52(46)65(54(49)36-53(48)64)58-62-56(41-21-10-7-11-22-41)61-57(63-58)47-26-13-12-23-43(47)39-19-8-6-9-20-39/h6-36,38H,37H2,1-5H3. The van der Waals surface area contributed by atoms with Crippen molar-refractivity contribution >= 4 is 43.6 Å². The van der Waals surface area contributed by atoms with Crippen molar-refractivity contribution in [3.63, 3.8) is 0 Å². The highest BCUT2D eigenvalue weighted by molar-refractivity contribution is 6.19. The Kier molecular flexibility index (Phi) is 8.83. The van der Waals surface area contributed by atoms with Crippen LogP contribution in [0.2, 0.25) is 0 Å². The first-order valence-corrected chi connectivity index (χ1v) is 22.8. The van der Waals surface area contributed by atoms with Crippen LogP contribution in [-0.4, -0.2) is 24.1 Å². The van der Waals surface area contributed by atoms with E-state index in [9.17, 15) is 0 Å². The van der Waals surface area contributed by atoms with Crippen molar-refractivity contribution in [1.82, 2.24) is 24.1 Å². The van der Waals surface area contributed by atoms with Crippen LogP contribution >= 0.6 is 0 Å². The van der Waals surface area contributed by atoms with Crippen molar-refractivity contribution < 1.29 is 0 Å². The van der Waals surface area contributed by atoms with Crippen molar-refractivity contribution in [2.75, 3.05) is 0 Å². The Labute approximate surface area is 379 Å². The van der Waals surface area contributed by atoms with E-state index in [4.69, 9.17) is 15.0 Å².